The van der Waals surface area contributed by atoms with Crippen molar-refractivity contribution in [2.45, 2.75) is 25.6 Å². The van der Waals surface area contributed by atoms with Crippen LogP contribution in [0, 0.1) is 0 Å². The third-order valence-corrected chi connectivity index (χ3v) is 6.19. The van der Waals surface area contributed by atoms with Crippen molar-refractivity contribution in [2.75, 3.05) is 34.8 Å². The van der Waals surface area contributed by atoms with Crippen molar-refractivity contribution in [1.29, 1.82) is 0 Å². The summed E-state index contributed by atoms with van der Waals surface area (Å²) in [6.07, 6.45) is -2.73. The van der Waals surface area contributed by atoms with Crippen molar-refractivity contribution in [3.8, 4) is 28.3 Å². The largest absolute Gasteiger partial charge is 0.493 e. The molecule has 0 fully saturated rings. The van der Waals surface area contributed by atoms with Gasteiger partial charge in [0, 0.05) is 24.4 Å². The number of hydrogen-bond donors (Lipinski definition) is 1. The van der Waals surface area contributed by atoms with Gasteiger partial charge in [-0.05, 0) is 38.2 Å². The number of aromatic nitrogens is 5. The molecule has 0 aliphatic carbocycles. The normalized spacial score (nSPS) is 12.8. The number of amides is 1. The number of H-pyrrole nitrogens is 1. The van der Waals surface area contributed by atoms with Crippen molar-refractivity contribution in [3.63, 3.8) is 0 Å². The van der Waals surface area contributed by atoms with Crippen LogP contribution in [0.2, 0.25) is 0 Å². The molecule has 0 saturated carbocycles. The first kappa shape index (κ1) is 26.1. The van der Waals surface area contributed by atoms with Crippen molar-refractivity contribution >= 4 is 11.6 Å². The average molecular weight is 516 g/mol. The molecule has 3 aromatic heterocycles. The molecule has 0 aliphatic heterocycles. The fraction of sp³-hybridized carbons (Fsp3) is 0.360. The second-order valence-electron chi connectivity index (χ2n) is 9.08. The van der Waals surface area contributed by atoms with Crippen LogP contribution in [0.5, 0.6) is 5.75 Å². The predicted octanol–water partition coefficient (Wildman–Crippen LogP) is 3.98. The molecule has 0 aliphatic rings. The average Bonchev–Trinajstić information content (AvgIpc) is 3.48. The molecule has 0 spiro atoms. The lowest BCUT2D eigenvalue weighted by molar-refractivity contribution is -0.132. The van der Waals surface area contributed by atoms with E-state index < -0.39 is 12.6 Å². The molecular formula is C25H28F3N7O2. The lowest BCUT2D eigenvalue weighted by Crippen LogP contribution is -2.36. The second kappa shape index (κ2) is 10.2. The predicted molar refractivity (Wildman–Crippen MR) is 132 cm³/mol. The molecule has 1 N–H and O–H groups in total. The minimum atomic E-state index is -4.46. The number of pyridine rings is 1. The van der Waals surface area contributed by atoms with Gasteiger partial charge in [0.15, 0.2) is 11.4 Å². The van der Waals surface area contributed by atoms with Crippen molar-refractivity contribution in [1.82, 2.24) is 34.6 Å². The van der Waals surface area contributed by atoms with Crippen LogP contribution >= 0.6 is 0 Å². The number of hydrogen-bond acceptors (Lipinski definition) is 6. The molecule has 9 nitrogen and oxygen atoms in total. The lowest BCUT2D eigenvalue weighted by atomic mass is 9.98. The molecule has 0 bridgehead atoms. The Kier molecular flexibility index (Phi) is 7.21. The number of likely N-dealkylation sites (N-methyl/N-ethyl adjacent to an activating group) is 2. The molecule has 0 unspecified atom stereocenters. The van der Waals surface area contributed by atoms with Gasteiger partial charge in [-0.3, -0.25) is 9.89 Å². The number of nitrogens with one attached hydrogen (secondary N) is 1. The van der Waals surface area contributed by atoms with Crippen LogP contribution in [-0.4, -0.2) is 81.5 Å². The van der Waals surface area contributed by atoms with Gasteiger partial charge in [0.1, 0.15) is 6.33 Å². The van der Waals surface area contributed by atoms with E-state index in [2.05, 4.69) is 20.3 Å². The topological polar surface area (TPSA) is 91.7 Å². The molecule has 4 rings (SSSR count). The van der Waals surface area contributed by atoms with Gasteiger partial charge in [-0.1, -0.05) is 24.3 Å². The molecule has 0 saturated heterocycles. The highest BCUT2D eigenvalue weighted by atomic mass is 19.4. The Bertz CT molecular complexity index is 1390. The number of carbonyl (C=O) groups excluding carboxylic acids is 1. The Labute approximate surface area is 211 Å². The van der Waals surface area contributed by atoms with Crippen LogP contribution in [0.3, 0.4) is 0 Å². The zero-order valence-corrected chi connectivity index (χ0v) is 21.2. The fourth-order valence-electron chi connectivity index (χ4n) is 4.14. The molecule has 37 heavy (non-hydrogen) atoms. The number of alkyl halides is 3. The standard InChI is InChI=1S/C25H28F3N7O2/c1-15(34(4)21(36)13-33(2)3)16-6-8-17(9-7-16)22-19(11-25(26,27)28)23(32-31-22)18-10-20(37-5)24-29-14-30-35(24)12-18/h6-10,12,14-15H,11,13H2,1-5H3,(H,31,32)/t15-/m0/s1. The molecule has 0 radical (unpaired) electrons. The summed E-state index contributed by atoms with van der Waals surface area (Å²) in [7, 11) is 6.83. The van der Waals surface area contributed by atoms with Crippen LogP contribution in [-0.2, 0) is 11.2 Å². The van der Waals surface area contributed by atoms with Gasteiger partial charge >= 0.3 is 6.18 Å². The molecule has 196 valence electrons. The first-order chi connectivity index (χ1) is 17.5. The van der Waals surface area contributed by atoms with Gasteiger partial charge in [-0.25, -0.2) is 9.50 Å². The molecule has 4 aromatic rings. The Morgan fingerprint density at radius 2 is 1.86 bits per heavy atom. The SMILES string of the molecule is COc1cc(-c2n[nH]c(-c3ccc([C@H](C)N(C)C(=O)CN(C)C)cc3)c2CC(F)(F)F)cn2ncnc12. The summed E-state index contributed by atoms with van der Waals surface area (Å²) in [6, 6.07) is 8.46. The van der Waals surface area contributed by atoms with E-state index in [-0.39, 0.29) is 35.4 Å². The second-order valence-corrected chi connectivity index (χ2v) is 9.08. The van der Waals surface area contributed by atoms with Gasteiger partial charge in [0.25, 0.3) is 0 Å². The smallest absolute Gasteiger partial charge is 0.393 e. The van der Waals surface area contributed by atoms with Crippen molar-refractivity contribution in [3.05, 3.63) is 54.0 Å². The fourth-order valence-corrected chi connectivity index (χ4v) is 4.14. The molecule has 1 aromatic carbocycles. The molecule has 1 atom stereocenters. The molecular weight excluding hydrogens is 487 g/mol. The summed E-state index contributed by atoms with van der Waals surface area (Å²) in [4.78, 5) is 20.0. The minimum Gasteiger partial charge on any atom is -0.493 e. The zero-order valence-electron chi connectivity index (χ0n) is 21.2. The monoisotopic (exact) mass is 515 g/mol. The number of fused-ring (bicyclic) bond motifs is 1. The number of nitrogens with zero attached hydrogens (tertiary/aromatic N) is 6. The third kappa shape index (κ3) is 5.58. The maximum absolute atomic E-state index is 13.6. The van der Waals surface area contributed by atoms with Crippen molar-refractivity contribution in [2.24, 2.45) is 0 Å². The van der Waals surface area contributed by atoms with E-state index >= 15 is 0 Å². The molecule has 3 heterocycles. The number of aromatic amines is 1. The number of carbonyl (C=O) groups is 1. The van der Waals surface area contributed by atoms with Gasteiger partial charge in [-0.2, -0.15) is 23.4 Å². The number of ether oxygens (including phenoxy) is 1. The quantitative estimate of drug-likeness (QED) is 0.382. The number of rotatable bonds is 8. The highest BCUT2D eigenvalue weighted by Crippen LogP contribution is 2.37. The van der Waals surface area contributed by atoms with Gasteiger partial charge in [0.2, 0.25) is 5.91 Å². The van der Waals surface area contributed by atoms with E-state index in [0.29, 0.717) is 22.5 Å². The van der Waals surface area contributed by atoms with E-state index in [1.807, 2.05) is 33.2 Å². The van der Waals surface area contributed by atoms with Crippen LogP contribution in [0.4, 0.5) is 13.2 Å². The number of methoxy groups -OCH3 is 1. The van der Waals surface area contributed by atoms with Crippen LogP contribution in [0.1, 0.15) is 24.1 Å². The van der Waals surface area contributed by atoms with E-state index in [9.17, 15) is 18.0 Å². The third-order valence-electron chi connectivity index (χ3n) is 6.19. The summed E-state index contributed by atoms with van der Waals surface area (Å²) in [5.74, 6) is 0.329. The maximum atomic E-state index is 13.6. The van der Waals surface area contributed by atoms with Gasteiger partial charge in [0.05, 0.1) is 37.5 Å². The Morgan fingerprint density at radius 3 is 2.49 bits per heavy atom. The van der Waals surface area contributed by atoms with Gasteiger partial charge in [-0.15, -0.1) is 0 Å². The number of benzene rings is 1. The first-order valence-corrected chi connectivity index (χ1v) is 11.5. The first-order valence-electron chi connectivity index (χ1n) is 11.5. The zero-order chi connectivity index (χ0) is 26.9. The van der Waals surface area contributed by atoms with E-state index in [1.54, 1.807) is 41.2 Å². The Balaban J connectivity index is 1.71. The van der Waals surface area contributed by atoms with Crippen LogP contribution in [0.15, 0.2) is 42.9 Å². The highest BCUT2D eigenvalue weighted by Gasteiger charge is 2.33. The summed E-state index contributed by atoms with van der Waals surface area (Å²) < 4.78 is 47.7. The summed E-state index contributed by atoms with van der Waals surface area (Å²) >= 11 is 0. The van der Waals surface area contributed by atoms with Crippen molar-refractivity contribution < 1.29 is 22.7 Å². The summed E-state index contributed by atoms with van der Waals surface area (Å²) in [5, 5.41) is 11.1. The summed E-state index contributed by atoms with van der Waals surface area (Å²) in [6.45, 7) is 2.18. The van der Waals surface area contributed by atoms with Gasteiger partial charge < -0.3 is 14.5 Å². The molecule has 12 heteroatoms. The molecule has 1 amide bonds. The lowest BCUT2D eigenvalue weighted by Gasteiger charge is -2.26. The van der Waals surface area contributed by atoms with Crippen LogP contribution < -0.4 is 4.74 Å². The number of halogens is 3. The Hall–Kier alpha value is -3.93. The maximum Gasteiger partial charge on any atom is 0.393 e. The van der Waals surface area contributed by atoms with E-state index in [4.69, 9.17) is 4.74 Å². The Morgan fingerprint density at radius 1 is 1.16 bits per heavy atom. The van der Waals surface area contributed by atoms with Crippen LogP contribution in [0.25, 0.3) is 28.2 Å². The van der Waals surface area contributed by atoms with E-state index in [0.717, 1.165) is 5.56 Å². The summed E-state index contributed by atoms with van der Waals surface area (Å²) in [5.41, 5.74) is 2.67. The highest BCUT2D eigenvalue weighted by molar-refractivity contribution is 5.79. The van der Waals surface area contributed by atoms with E-state index in [1.165, 1.54) is 18.0 Å². The minimum absolute atomic E-state index is 0.00750.